The summed E-state index contributed by atoms with van der Waals surface area (Å²) in [6, 6.07) is 0. The van der Waals surface area contributed by atoms with E-state index in [1.54, 1.807) is 31.6 Å². The summed E-state index contributed by atoms with van der Waals surface area (Å²) in [6.45, 7) is 3.75. The van der Waals surface area contributed by atoms with Gasteiger partial charge in [-0.05, 0) is 13.8 Å². The summed E-state index contributed by atoms with van der Waals surface area (Å²) < 4.78 is 5.13. The maximum absolute atomic E-state index is 9.27. The average Bonchev–Trinajstić information content (AvgIpc) is 2.52. The molecule has 1 rings (SSSR count). The van der Waals surface area contributed by atoms with Crippen molar-refractivity contribution < 1.29 is 9.84 Å². The maximum Gasteiger partial charge on any atom is 0.0954 e. The van der Waals surface area contributed by atoms with Crippen molar-refractivity contribution in [2.24, 2.45) is 0 Å². The molecule has 0 amide bonds. The number of thiazole rings is 1. The summed E-state index contributed by atoms with van der Waals surface area (Å²) in [7, 11) is 1.69. The first-order valence-electron chi connectivity index (χ1n) is 4.29. The van der Waals surface area contributed by atoms with Crippen molar-refractivity contribution in [2.45, 2.75) is 32.5 Å². The molecule has 74 valence electrons. The van der Waals surface area contributed by atoms with Crippen LogP contribution in [-0.2, 0) is 11.2 Å². The molecule has 0 saturated heterocycles. The second kappa shape index (κ2) is 4.69. The fourth-order valence-electron chi connectivity index (χ4n) is 0.941. The molecule has 4 heteroatoms. The molecule has 0 radical (unpaired) electrons. The third-order valence-corrected chi connectivity index (χ3v) is 3.04. The number of aliphatic hydroxyl groups excluding tert-OH is 1. The molecule has 0 aliphatic heterocycles. The second-order valence-corrected chi connectivity index (χ2v) is 4.23. The molecule has 2 unspecified atom stereocenters. The Bertz CT molecular complexity index is 260. The highest BCUT2D eigenvalue weighted by Gasteiger charge is 2.09. The Kier molecular flexibility index (Phi) is 3.84. The third-order valence-electron chi connectivity index (χ3n) is 1.85. The van der Waals surface area contributed by atoms with Crippen molar-refractivity contribution in [1.29, 1.82) is 0 Å². The third kappa shape index (κ3) is 3.06. The van der Waals surface area contributed by atoms with Gasteiger partial charge >= 0.3 is 0 Å². The van der Waals surface area contributed by atoms with E-state index in [0.717, 1.165) is 16.3 Å². The molecule has 1 heterocycles. The van der Waals surface area contributed by atoms with Gasteiger partial charge in [0, 0.05) is 19.7 Å². The Morgan fingerprint density at radius 1 is 1.62 bits per heavy atom. The zero-order valence-corrected chi connectivity index (χ0v) is 8.97. The minimum Gasteiger partial charge on any atom is -0.388 e. The number of hydrogen-bond donors (Lipinski definition) is 1. The summed E-state index contributed by atoms with van der Waals surface area (Å²) in [5, 5.41) is 10.3. The van der Waals surface area contributed by atoms with Gasteiger partial charge in [0.1, 0.15) is 0 Å². The molecule has 3 nitrogen and oxygen atoms in total. The number of aromatic nitrogens is 1. The zero-order valence-electron chi connectivity index (χ0n) is 8.15. The lowest BCUT2D eigenvalue weighted by atomic mass is 10.3. The van der Waals surface area contributed by atoms with Crippen molar-refractivity contribution in [3.05, 3.63) is 16.1 Å². The van der Waals surface area contributed by atoms with Gasteiger partial charge in [0.15, 0.2) is 0 Å². The molecule has 0 aliphatic rings. The lowest BCUT2D eigenvalue weighted by Crippen LogP contribution is -2.07. The molecular formula is C9H15NO2S. The van der Waals surface area contributed by atoms with Crippen molar-refractivity contribution in [2.75, 3.05) is 7.11 Å². The first-order chi connectivity index (χ1) is 6.13. The number of rotatable bonds is 4. The number of aliphatic hydroxyl groups is 1. The second-order valence-electron chi connectivity index (χ2n) is 3.08. The predicted molar refractivity (Wildman–Crippen MR) is 52.9 cm³/mol. The molecular weight excluding hydrogens is 186 g/mol. The molecule has 2 atom stereocenters. The summed E-state index contributed by atoms with van der Waals surface area (Å²) in [5.74, 6) is 0. The molecule has 0 saturated carbocycles. The predicted octanol–water partition coefficient (Wildman–Crippen LogP) is 1.77. The average molecular weight is 201 g/mol. The van der Waals surface area contributed by atoms with Crippen LogP contribution in [0.5, 0.6) is 0 Å². The van der Waals surface area contributed by atoms with Gasteiger partial charge < -0.3 is 9.84 Å². The van der Waals surface area contributed by atoms with Gasteiger partial charge in [-0.1, -0.05) is 0 Å². The van der Waals surface area contributed by atoms with E-state index in [1.807, 2.05) is 6.92 Å². The van der Waals surface area contributed by atoms with Gasteiger partial charge in [-0.2, -0.15) is 0 Å². The van der Waals surface area contributed by atoms with Crippen molar-refractivity contribution in [1.82, 2.24) is 4.98 Å². The first-order valence-corrected chi connectivity index (χ1v) is 5.10. The van der Waals surface area contributed by atoms with Gasteiger partial charge in [-0.15, -0.1) is 11.3 Å². The van der Waals surface area contributed by atoms with E-state index >= 15 is 0 Å². The van der Waals surface area contributed by atoms with Crippen LogP contribution in [0, 0.1) is 0 Å². The summed E-state index contributed by atoms with van der Waals surface area (Å²) in [5.41, 5.74) is 0. The Labute approximate surface area is 82.4 Å². The highest BCUT2D eigenvalue weighted by molar-refractivity contribution is 7.11. The fourth-order valence-corrected chi connectivity index (χ4v) is 1.91. The zero-order chi connectivity index (χ0) is 9.84. The van der Waals surface area contributed by atoms with E-state index in [2.05, 4.69) is 4.98 Å². The molecule has 0 aromatic carbocycles. The molecule has 1 aromatic heterocycles. The molecule has 0 aliphatic carbocycles. The van der Waals surface area contributed by atoms with Crippen molar-refractivity contribution in [3.63, 3.8) is 0 Å². The molecule has 1 N–H and O–H groups in total. The van der Waals surface area contributed by atoms with Crippen LogP contribution in [0.25, 0.3) is 0 Å². The standard InChI is InChI=1S/C9H15NO2S/c1-6(12-3)4-9-10-5-8(13-9)7(2)11/h5-7,11H,4H2,1-3H3. The van der Waals surface area contributed by atoms with E-state index in [0.29, 0.717) is 0 Å². The van der Waals surface area contributed by atoms with E-state index in [4.69, 9.17) is 4.74 Å². The van der Waals surface area contributed by atoms with E-state index in [-0.39, 0.29) is 6.10 Å². The molecule has 1 aromatic rings. The minimum absolute atomic E-state index is 0.188. The van der Waals surface area contributed by atoms with Gasteiger partial charge in [0.2, 0.25) is 0 Å². The smallest absolute Gasteiger partial charge is 0.0954 e. The van der Waals surface area contributed by atoms with Gasteiger partial charge in [0.25, 0.3) is 0 Å². The Hall–Kier alpha value is -0.450. The quantitative estimate of drug-likeness (QED) is 0.807. The Balaban J connectivity index is 2.58. The van der Waals surface area contributed by atoms with Gasteiger partial charge in [-0.25, -0.2) is 4.98 Å². The number of nitrogens with zero attached hydrogens (tertiary/aromatic N) is 1. The van der Waals surface area contributed by atoms with Crippen LogP contribution in [-0.4, -0.2) is 23.3 Å². The lowest BCUT2D eigenvalue weighted by molar-refractivity contribution is 0.118. The highest BCUT2D eigenvalue weighted by atomic mass is 32.1. The summed E-state index contributed by atoms with van der Waals surface area (Å²) in [6.07, 6.45) is 2.32. The Morgan fingerprint density at radius 3 is 2.77 bits per heavy atom. The Morgan fingerprint density at radius 2 is 2.31 bits per heavy atom. The van der Waals surface area contributed by atoms with Crippen LogP contribution < -0.4 is 0 Å². The molecule has 0 spiro atoms. The number of hydrogen-bond acceptors (Lipinski definition) is 4. The van der Waals surface area contributed by atoms with Crippen LogP contribution in [0.2, 0.25) is 0 Å². The molecule has 0 bridgehead atoms. The van der Waals surface area contributed by atoms with E-state index in [9.17, 15) is 5.11 Å². The molecule has 0 fully saturated rings. The number of methoxy groups -OCH3 is 1. The maximum atomic E-state index is 9.27. The summed E-state index contributed by atoms with van der Waals surface area (Å²) >= 11 is 1.54. The van der Waals surface area contributed by atoms with Crippen molar-refractivity contribution >= 4 is 11.3 Å². The van der Waals surface area contributed by atoms with Crippen molar-refractivity contribution in [3.8, 4) is 0 Å². The monoisotopic (exact) mass is 201 g/mol. The van der Waals surface area contributed by atoms with Crippen LogP contribution >= 0.6 is 11.3 Å². The van der Waals surface area contributed by atoms with Gasteiger partial charge in [0.05, 0.1) is 22.1 Å². The highest BCUT2D eigenvalue weighted by Crippen LogP contribution is 2.21. The fraction of sp³-hybridized carbons (Fsp3) is 0.667. The van der Waals surface area contributed by atoms with E-state index < -0.39 is 6.10 Å². The molecule has 13 heavy (non-hydrogen) atoms. The number of ether oxygens (including phenoxy) is 1. The van der Waals surface area contributed by atoms with Crippen LogP contribution in [0.3, 0.4) is 0 Å². The van der Waals surface area contributed by atoms with E-state index in [1.165, 1.54) is 0 Å². The van der Waals surface area contributed by atoms with Gasteiger partial charge in [-0.3, -0.25) is 0 Å². The van der Waals surface area contributed by atoms with Crippen LogP contribution in [0.15, 0.2) is 6.20 Å². The topological polar surface area (TPSA) is 42.4 Å². The summed E-state index contributed by atoms with van der Waals surface area (Å²) in [4.78, 5) is 5.12. The SMILES string of the molecule is COC(C)Cc1ncc(C(C)O)s1. The lowest BCUT2D eigenvalue weighted by Gasteiger charge is -2.05. The normalized spacial score (nSPS) is 15.7. The largest absolute Gasteiger partial charge is 0.388 e. The first kappa shape index (κ1) is 10.6. The minimum atomic E-state index is -0.413. The van der Waals surface area contributed by atoms with Crippen LogP contribution in [0.1, 0.15) is 29.8 Å². The van der Waals surface area contributed by atoms with Crippen LogP contribution in [0.4, 0.5) is 0 Å².